The molecule has 1 aliphatic heterocycles. The predicted molar refractivity (Wildman–Crippen MR) is 109 cm³/mol. The number of piperidine rings is 1. The molecule has 0 aromatic heterocycles. The number of nitrogens with zero attached hydrogens (tertiary/aromatic N) is 1. The second-order valence-electron chi connectivity index (χ2n) is 6.80. The van der Waals surface area contributed by atoms with Gasteiger partial charge in [-0.25, -0.2) is 13.1 Å². The summed E-state index contributed by atoms with van der Waals surface area (Å²) in [5.74, 6) is 0.403. The van der Waals surface area contributed by atoms with Gasteiger partial charge >= 0.3 is 0 Å². The quantitative estimate of drug-likeness (QED) is 0.719. The van der Waals surface area contributed by atoms with Crippen molar-refractivity contribution in [1.82, 2.24) is 9.62 Å². The van der Waals surface area contributed by atoms with Crippen molar-refractivity contribution in [2.24, 2.45) is 5.92 Å². The Hall–Kier alpha value is -1.21. The second kappa shape index (κ2) is 9.13. The van der Waals surface area contributed by atoms with Crippen molar-refractivity contribution in [3.63, 3.8) is 0 Å². The fraction of sp³-hybridized carbons (Fsp3) is 0.400. The van der Waals surface area contributed by atoms with Crippen molar-refractivity contribution in [2.75, 3.05) is 26.2 Å². The lowest BCUT2D eigenvalue weighted by Crippen LogP contribution is -2.39. The van der Waals surface area contributed by atoms with E-state index in [9.17, 15) is 8.42 Å². The average molecular weight is 437 g/mol. The fourth-order valence-electron chi connectivity index (χ4n) is 3.31. The van der Waals surface area contributed by atoms with Crippen molar-refractivity contribution < 1.29 is 8.42 Å². The summed E-state index contributed by atoms with van der Waals surface area (Å²) >= 11 is 3.32. The highest BCUT2D eigenvalue weighted by atomic mass is 79.9. The van der Waals surface area contributed by atoms with Crippen LogP contribution in [-0.2, 0) is 16.4 Å². The van der Waals surface area contributed by atoms with E-state index in [-0.39, 0.29) is 0 Å². The van der Waals surface area contributed by atoms with Gasteiger partial charge in [0.15, 0.2) is 0 Å². The van der Waals surface area contributed by atoms with Gasteiger partial charge in [-0.3, -0.25) is 0 Å². The summed E-state index contributed by atoms with van der Waals surface area (Å²) in [7, 11) is -3.46. The van der Waals surface area contributed by atoms with Crippen LogP contribution in [0.15, 0.2) is 64.0 Å². The molecule has 0 saturated carbocycles. The van der Waals surface area contributed by atoms with Crippen LogP contribution in [0.25, 0.3) is 0 Å². The Kier molecular flexibility index (Phi) is 6.86. The number of sulfonamides is 1. The average Bonchev–Trinajstić information content (AvgIpc) is 2.67. The number of nitrogens with one attached hydrogen (secondary N) is 1. The van der Waals surface area contributed by atoms with Crippen molar-refractivity contribution in [2.45, 2.75) is 24.2 Å². The Balaban J connectivity index is 1.43. The van der Waals surface area contributed by atoms with Gasteiger partial charge < -0.3 is 4.90 Å². The van der Waals surface area contributed by atoms with Gasteiger partial charge in [-0.2, -0.15) is 0 Å². The zero-order valence-electron chi connectivity index (χ0n) is 14.8. The third kappa shape index (κ3) is 5.39. The molecule has 0 unspecified atom stereocenters. The topological polar surface area (TPSA) is 49.4 Å². The first-order valence-corrected chi connectivity index (χ1v) is 11.3. The van der Waals surface area contributed by atoms with Crippen LogP contribution in [0.4, 0.5) is 0 Å². The maximum atomic E-state index is 12.5. The molecule has 6 heteroatoms. The Morgan fingerprint density at radius 2 is 1.65 bits per heavy atom. The molecule has 1 fully saturated rings. The number of benzene rings is 2. The molecule has 4 nitrogen and oxygen atoms in total. The Bertz CT molecular complexity index is 804. The van der Waals surface area contributed by atoms with Crippen LogP contribution in [-0.4, -0.2) is 39.5 Å². The van der Waals surface area contributed by atoms with Gasteiger partial charge in [0, 0.05) is 17.6 Å². The van der Waals surface area contributed by atoms with Crippen LogP contribution in [0.2, 0.25) is 0 Å². The highest BCUT2D eigenvalue weighted by molar-refractivity contribution is 9.10. The lowest BCUT2D eigenvalue weighted by atomic mass is 9.97. The maximum Gasteiger partial charge on any atom is 0.241 e. The Morgan fingerprint density at radius 3 is 2.35 bits per heavy atom. The minimum atomic E-state index is -3.46. The van der Waals surface area contributed by atoms with E-state index in [1.165, 1.54) is 5.56 Å². The molecule has 0 bridgehead atoms. The van der Waals surface area contributed by atoms with Crippen molar-refractivity contribution in [1.29, 1.82) is 0 Å². The van der Waals surface area contributed by atoms with Crippen molar-refractivity contribution in [3.05, 3.63) is 64.6 Å². The molecular formula is C20H25BrN2O2S. The molecule has 1 saturated heterocycles. The largest absolute Gasteiger partial charge is 0.303 e. The van der Waals surface area contributed by atoms with Crippen LogP contribution in [0.3, 0.4) is 0 Å². The molecule has 0 radical (unpaired) electrons. The first-order valence-electron chi connectivity index (χ1n) is 9.05. The molecule has 0 aliphatic carbocycles. The third-order valence-corrected chi connectivity index (χ3v) is 7.39. The standard InChI is InChI=1S/C20H25BrN2O2S/c21-19-8-4-5-9-20(19)26(24,25)22-16-18-11-14-23(15-12-18)13-10-17-6-2-1-3-7-17/h1-9,18,22H,10-16H2. The van der Waals surface area contributed by atoms with E-state index in [0.29, 0.717) is 21.8 Å². The molecule has 0 atom stereocenters. The zero-order valence-corrected chi connectivity index (χ0v) is 17.2. The normalized spacial score (nSPS) is 16.7. The van der Waals surface area contributed by atoms with Crippen LogP contribution in [0.1, 0.15) is 18.4 Å². The van der Waals surface area contributed by atoms with Gasteiger partial charge in [0.1, 0.15) is 0 Å². The summed E-state index contributed by atoms with van der Waals surface area (Å²) in [6.45, 7) is 3.65. The van der Waals surface area contributed by atoms with Crippen LogP contribution >= 0.6 is 15.9 Å². The highest BCUT2D eigenvalue weighted by Gasteiger charge is 2.22. The van der Waals surface area contributed by atoms with Gasteiger partial charge in [-0.1, -0.05) is 42.5 Å². The number of likely N-dealkylation sites (tertiary alicyclic amines) is 1. The van der Waals surface area contributed by atoms with Gasteiger partial charge in [-0.05, 0) is 71.9 Å². The van der Waals surface area contributed by atoms with E-state index in [1.54, 1.807) is 18.2 Å². The van der Waals surface area contributed by atoms with Crippen LogP contribution in [0, 0.1) is 5.92 Å². The second-order valence-corrected chi connectivity index (χ2v) is 9.39. The molecule has 2 aromatic carbocycles. The van der Waals surface area contributed by atoms with Gasteiger partial charge in [0.25, 0.3) is 0 Å². The van der Waals surface area contributed by atoms with E-state index >= 15 is 0 Å². The van der Waals surface area contributed by atoms with E-state index < -0.39 is 10.0 Å². The third-order valence-electron chi connectivity index (χ3n) is 4.95. The molecule has 1 aliphatic rings. The Labute approximate surface area is 164 Å². The summed E-state index contributed by atoms with van der Waals surface area (Å²) < 4.78 is 28.3. The molecule has 26 heavy (non-hydrogen) atoms. The first-order chi connectivity index (χ1) is 12.5. The zero-order chi connectivity index (χ0) is 18.4. The molecule has 0 amide bonds. The fourth-order valence-corrected chi connectivity index (χ4v) is 5.43. The molecule has 140 valence electrons. The molecule has 1 N–H and O–H groups in total. The van der Waals surface area contributed by atoms with Gasteiger partial charge in [-0.15, -0.1) is 0 Å². The lowest BCUT2D eigenvalue weighted by molar-refractivity contribution is 0.187. The maximum absolute atomic E-state index is 12.5. The molecular weight excluding hydrogens is 412 g/mol. The number of hydrogen-bond acceptors (Lipinski definition) is 3. The number of hydrogen-bond donors (Lipinski definition) is 1. The van der Waals surface area contributed by atoms with Gasteiger partial charge in [0.2, 0.25) is 10.0 Å². The Morgan fingerprint density at radius 1 is 1.00 bits per heavy atom. The minimum Gasteiger partial charge on any atom is -0.303 e. The minimum absolute atomic E-state index is 0.306. The first kappa shape index (κ1) is 19.5. The summed E-state index contributed by atoms with van der Waals surface area (Å²) in [6.07, 6.45) is 3.14. The van der Waals surface area contributed by atoms with Gasteiger partial charge in [0.05, 0.1) is 4.90 Å². The van der Waals surface area contributed by atoms with E-state index in [2.05, 4.69) is 49.8 Å². The highest BCUT2D eigenvalue weighted by Crippen LogP contribution is 2.22. The monoisotopic (exact) mass is 436 g/mol. The van der Waals surface area contributed by atoms with Crippen molar-refractivity contribution >= 4 is 26.0 Å². The summed E-state index contributed by atoms with van der Waals surface area (Å²) in [5.41, 5.74) is 1.37. The van der Waals surface area contributed by atoms with Crippen LogP contribution < -0.4 is 4.72 Å². The molecule has 3 rings (SSSR count). The predicted octanol–water partition coefficient (Wildman–Crippen LogP) is 3.68. The summed E-state index contributed by atoms with van der Waals surface area (Å²) in [6, 6.07) is 17.5. The SMILES string of the molecule is O=S(=O)(NCC1CCN(CCc2ccccc2)CC1)c1ccccc1Br. The van der Waals surface area contributed by atoms with E-state index in [1.807, 2.05) is 12.1 Å². The molecule has 0 spiro atoms. The number of halogens is 1. The number of rotatable bonds is 7. The van der Waals surface area contributed by atoms with Crippen molar-refractivity contribution in [3.8, 4) is 0 Å². The molecule has 1 heterocycles. The van der Waals surface area contributed by atoms with E-state index in [4.69, 9.17) is 0 Å². The van der Waals surface area contributed by atoms with Crippen LogP contribution in [0.5, 0.6) is 0 Å². The summed E-state index contributed by atoms with van der Waals surface area (Å²) in [4.78, 5) is 2.78. The molecule has 2 aromatic rings. The van der Waals surface area contributed by atoms with E-state index in [0.717, 1.165) is 38.9 Å². The summed E-state index contributed by atoms with van der Waals surface area (Å²) in [5, 5.41) is 0. The smallest absolute Gasteiger partial charge is 0.241 e. The lowest BCUT2D eigenvalue weighted by Gasteiger charge is -2.32.